The molecule has 1 aromatic rings. The molecule has 5 nitrogen and oxygen atoms in total. The predicted octanol–water partition coefficient (Wildman–Crippen LogP) is 1.71. The molecular formula is C13H22N4O. The lowest BCUT2D eigenvalue weighted by atomic mass is 9.85. The highest BCUT2D eigenvalue weighted by Crippen LogP contribution is 2.32. The maximum atomic E-state index is 12.3. The zero-order chi connectivity index (χ0) is 13.2. The van der Waals surface area contributed by atoms with Gasteiger partial charge in [0.25, 0.3) is 0 Å². The summed E-state index contributed by atoms with van der Waals surface area (Å²) in [5.74, 6) is 0.239. The van der Waals surface area contributed by atoms with Gasteiger partial charge in [0.15, 0.2) is 0 Å². The Morgan fingerprint density at radius 1 is 1.44 bits per heavy atom. The average molecular weight is 250 g/mol. The van der Waals surface area contributed by atoms with E-state index < -0.39 is 0 Å². The third-order valence-corrected chi connectivity index (χ3v) is 3.59. The largest absolute Gasteiger partial charge is 0.339 e. The number of aryl methyl sites for hydroxylation is 1. The Kier molecular flexibility index (Phi) is 3.68. The molecular weight excluding hydrogens is 228 g/mol. The minimum absolute atomic E-state index is 0.166. The fourth-order valence-electron chi connectivity index (χ4n) is 2.67. The van der Waals surface area contributed by atoms with Crippen molar-refractivity contribution in [2.24, 2.45) is 5.41 Å². The first kappa shape index (κ1) is 13.1. The summed E-state index contributed by atoms with van der Waals surface area (Å²) in [7, 11) is 0. The van der Waals surface area contributed by atoms with Crippen molar-refractivity contribution >= 4 is 5.91 Å². The third kappa shape index (κ3) is 2.89. The van der Waals surface area contributed by atoms with E-state index in [2.05, 4.69) is 35.8 Å². The van der Waals surface area contributed by atoms with Gasteiger partial charge < -0.3 is 4.90 Å². The highest BCUT2D eigenvalue weighted by molar-refractivity contribution is 5.76. The molecule has 1 amide bonds. The first-order valence-corrected chi connectivity index (χ1v) is 6.60. The number of nitrogens with zero attached hydrogens (tertiary/aromatic N) is 4. The minimum atomic E-state index is 0.166. The number of carbonyl (C=O) groups is 1. The number of hydrogen-bond donors (Lipinski definition) is 0. The lowest BCUT2D eigenvalue weighted by Gasteiger charge is -2.35. The molecule has 1 saturated heterocycles. The highest BCUT2D eigenvalue weighted by Gasteiger charge is 2.36. The zero-order valence-electron chi connectivity index (χ0n) is 11.5. The molecule has 0 saturated carbocycles. The van der Waals surface area contributed by atoms with Crippen molar-refractivity contribution in [3.05, 3.63) is 12.7 Å². The first-order chi connectivity index (χ1) is 8.48. The van der Waals surface area contributed by atoms with E-state index >= 15 is 0 Å². The number of carbonyl (C=O) groups excluding carboxylic acids is 1. The van der Waals surface area contributed by atoms with Crippen LogP contribution in [0.2, 0.25) is 0 Å². The summed E-state index contributed by atoms with van der Waals surface area (Å²) in [5, 5.41) is 4.02. The van der Waals surface area contributed by atoms with Crippen molar-refractivity contribution in [1.29, 1.82) is 0 Å². The van der Waals surface area contributed by atoms with Gasteiger partial charge >= 0.3 is 0 Å². The van der Waals surface area contributed by atoms with Crippen LogP contribution in [0.3, 0.4) is 0 Å². The van der Waals surface area contributed by atoms with Crippen molar-refractivity contribution in [3.8, 4) is 0 Å². The van der Waals surface area contributed by atoms with E-state index in [1.54, 1.807) is 11.0 Å². The lowest BCUT2D eigenvalue weighted by molar-refractivity contribution is -0.134. The molecule has 0 radical (unpaired) electrons. The Bertz CT molecular complexity index is 394. The highest BCUT2D eigenvalue weighted by atomic mass is 16.2. The van der Waals surface area contributed by atoms with Crippen LogP contribution in [0, 0.1) is 5.41 Å². The van der Waals surface area contributed by atoms with Crippen LogP contribution >= 0.6 is 0 Å². The van der Waals surface area contributed by atoms with Crippen LogP contribution in [0.5, 0.6) is 0 Å². The van der Waals surface area contributed by atoms with Crippen LogP contribution in [-0.2, 0) is 11.3 Å². The maximum absolute atomic E-state index is 12.3. The minimum Gasteiger partial charge on any atom is -0.339 e. The molecule has 5 heteroatoms. The van der Waals surface area contributed by atoms with Crippen LogP contribution in [0.1, 0.15) is 40.0 Å². The van der Waals surface area contributed by atoms with Gasteiger partial charge in [-0.25, -0.2) is 4.98 Å². The zero-order valence-corrected chi connectivity index (χ0v) is 11.5. The van der Waals surface area contributed by atoms with Crippen LogP contribution < -0.4 is 0 Å². The van der Waals surface area contributed by atoms with E-state index in [0.29, 0.717) is 19.0 Å². The van der Waals surface area contributed by atoms with Gasteiger partial charge in [-0.05, 0) is 18.3 Å². The lowest BCUT2D eigenvalue weighted by Crippen LogP contribution is -2.43. The SMILES string of the molecule is CC(C)(C)C1CCCN1C(=O)CCn1cncn1. The van der Waals surface area contributed by atoms with Gasteiger partial charge in [-0.15, -0.1) is 0 Å². The molecule has 0 spiro atoms. The average Bonchev–Trinajstić information content (AvgIpc) is 2.95. The summed E-state index contributed by atoms with van der Waals surface area (Å²) in [6, 6.07) is 0.376. The van der Waals surface area contributed by atoms with Crippen LogP contribution in [0.4, 0.5) is 0 Å². The summed E-state index contributed by atoms with van der Waals surface area (Å²) in [4.78, 5) is 18.2. The Labute approximate surface area is 108 Å². The molecule has 2 rings (SSSR count). The van der Waals surface area contributed by atoms with Gasteiger partial charge in [-0.3, -0.25) is 9.48 Å². The molecule has 0 bridgehead atoms. The Hall–Kier alpha value is -1.39. The van der Waals surface area contributed by atoms with Crippen LogP contribution in [-0.4, -0.2) is 38.2 Å². The molecule has 1 aliphatic rings. The van der Waals surface area contributed by atoms with E-state index in [-0.39, 0.29) is 11.3 Å². The topological polar surface area (TPSA) is 51.0 Å². The van der Waals surface area contributed by atoms with Crippen LogP contribution in [0.25, 0.3) is 0 Å². The van der Waals surface area contributed by atoms with Gasteiger partial charge in [-0.2, -0.15) is 5.10 Å². The fraction of sp³-hybridized carbons (Fsp3) is 0.769. The van der Waals surface area contributed by atoms with Crippen molar-refractivity contribution in [2.75, 3.05) is 6.54 Å². The summed E-state index contributed by atoms with van der Waals surface area (Å²) >= 11 is 0. The molecule has 1 aromatic heterocycles. The third-order valence-electron chi connectivity index (χ3n) is 3.59. The normalized spacial score (nSPS) is 20.4. The summed E-state index contributed by atoms with van der Waals surface area (Å²) in [5.41, 5.74) is 0.166. The van der Waals surface area contributed by atoms with Crippen molar-refractivity contribution < 1.29 is 4.79 Å². The van der Waals surface area contributed by atoms with Crippen molar-refractivity contribution in [1.82, 2.24) is 19.7 Å². The fourth-order valence-corrected chi connectivity index (χ4v) is 2.67. The van der Waals surface area contributed by atoms with Gasteiger partial charge in [0.05, 0.1) is 6.54 Å². The van der Waals surface area contributed by atoms with Crippen molar-refractivity contribution in [3.63, 3.8) is 0 Å². The molecule has 1 atom stereocenters. The molecule has 18 heavy (non-hydrogen) atoms. The predicted molar refractivity (Wildman–Crippen MR) is 68.8 cm³/mol. The Morgan fingerprint density at radius 2 is 2.22 bits per heavy atom. The van der Waals surface area contributed by atoms with Crippen molar-refractivity contribution in [2.45, 2.75) is 52.6 Å². The van der Waals surface area contributed by atoms with E-state index in [4.69, 9.17) is 0 Å². The number of likely N-dealkylation sites (tertiary alicyclic amines) is 1. The second kappa shape index (κ2) is 5.08. The number of rotatable bonds is 3. The summed E-state index contributed by atoms with van der Waals surface area (Å²) in [6.45, 7) is 8.15. The van der Waals surface area contributed by atoms with Crippen LogP contribution in [0.15, 0.2) is 12.7 Å². The Morgan fingerprint density at radius 3 is 2.83 bits per heavy atom. The summed E-state index contributed by atoms with van der Waals surface area (Å²) < 4.78 is 1.71. The Balaban J connectivity index is 1.92. The van der Waals surface area contributed by atoms with E-state index in [1.807, 2.05) is 0 Å². The maximum Gasteiger partial charge on any atom is 0.224 e. The standard InChI is InChI=1S/C13H22N4O/c1-13(2,3)11-5-4-7-17(11)12(18)6-8-16-10-14-9-15-16/h9-11H,4-8H2,1-3H3. The van der Waals surface area contributed by atoms with Gasteiger partial charge in [0.1, 0.15) is 12.7 Å². The monoisotopic (exact) mass is 250 g/mol. The molecule has 0 N–H and O–H groups in total. The van der Waals surface area contributed by atoms with Gasteiger partial charge in [0, 0.05) is 19.0 Å². The molecule has 0 aliphatic carbocycles. The summed E-state index contributed by atoms with van der Waals surface area (Å²) in [6.07, 6.45) is 5.91. The molecule has 2 heterocycles. The van der Waals surface area contributed by atoms with E-state index in [9.17, 15) is 4.79 Å². The van der Waals surface area contributed by atoms with Gasteiger partial charge in [0.2, 0.25) is 5.91 Å². The number of amides is 1. The molecule has 100 valence electrons. The van der Waals surface area contributed by atoms with Gasteiger partial charge in [-0.1, -0.05) is 20.8 Å². The smallest absolute Gasteiger partial charge is 0.224 e. The number of hydrogen-bond acceptors (Lipinski definition) is 3. The molecule has 0 aromatic carbocycles. The molecule has 1 aliphatic heterocycles. The number of aromatic nitrogens is 3. The molecule has 1 fully saturated rings. The second-order valence-corrected chi connectivity index (χ2v) is 6.02. The first-order valence-electron chi connectivity index (χ1n) is 6.60. The quantitative estimate of drug-likeness (QED) is 0.820. The molecule has 1 unspecified atom stereocenters. The van der Waals surface area contributed by atoms with E-state index in [0.717, 1.165) is 19.4 Å². The van der Waals surface area contributed by atoms with E-state index in [1.165, 1.54) is 6.33 Å². The second-order valence-electron chi connectivity index (χ2n) is 6.02.